The molecule has 0 bridgehead atoms. The molecule has 13 heavy (non-hydrogen) atoms. The largest absolute Gasteiger partial charge is 0.328 e. The quantitative estimate of drug-likeness (QED) is 0.777. The zero-order chi connectivity index (χ0) is 8.97. The zero-order valence-corrected chi connectivity index (χ0v) is 8.21. The molecule has 1 aromatic heterocycles. The fourth-order valence-corrected chi connectivity index (χ4v) is 0.985. The van der Waals surface area contributed by atoms with Crippen molar-refractivity contribution in [3.8, 4) is 6.07 Å². The number of nitrogens with two attached hydrogens (primary N) is 1. The van der Waals surface area contributed by atoms with Crippen LogP contribution in [-0.4, -0.2) is 11.0 Å². The van der Waals surface area contributed by atoms with Gasteiger partial charge in [-0.05, 0) is 19.1 Å². The molecule has 2 N–H and O–H groups in total. The molecule has 0 saturated carbocycles. The summed E-state index contributed by atoms with van der Waals surface area (Å²) in [5.74, 6) is 0. The second-order valence-electron chi connectivity index (χ2n) is 2.81. The van der Waals surface area contributed by atoms with Crippen LogP contribution in [0.5, 0.6) is 0 Å². The normalized spacial score (nSPS) is 11.2. The maximum atomic E-state index is 8.55. The predicted octanol–water partition coefficient (Wildman–Crippen LogP) is 1.26. The minimum Gasteiger partial charge on any atom is -0.328 e. The third-order valence-corrected chi connectivity index (χ3v) is 1.45. The highest BCUT2D eigenvalue weighted by Gasteiger charge is 1.99. The van der Waals surface area contributed by atoms with Gasteiger partial charge in [0.15, 0.2) is 0 Å². The summed E-state index contributed by atoms with van der Waals surface area (Å²) in [4.78, 5) is 4.09. The summed E-state index contributed by atoms with van der Waals surface area (Å²) in [6.45, 7) is 1.92. The molecule has 0 saturated heterocycles. The third-order valence-electron chi connectivity index (χ3n) is 1.45. The highest BCUT2D eigenvalue weighted by atomic mass is 35.5. The fourth-order valence-electron chi connectivity index (χ4n) is 0.985. The summed E-state index contributed by atoms with van der Waals surface area (Å²) in [6, 6.07) is 7.47. The van der Waals surface area contributed by atoms with Crippen molar-refractivity contribution in [1.29, 1.82) is 5.26 Å². The van der Waals surface area contributed by atoms with E-state index in [2.05, 4.69) is 4.98 Å². The molecule has 0 spiro atoms. The Morgan fingerprint density at radius 3 is 2.85 bits per heavy atom. The summed E-state index contributed by atoms with van der Waals surface area (Å²) in [5, 5.41) is 8.55. The lowest BCUT2D eigenvalue weighted by molar-refractivity contribution is 0.721. The van der Waals surface area contributed by atoms with Crippen LogP contribution in [-0.2, 0) is 6.42 Å². The lowest BCUT2D eigenvalue weighted by Gasteiger charge is -2.03. The highest BCUT2D eigenvalue weighted by Crippen LogP contribution is 2.00. The van der Waals surface area contributed by atoms with E-state index in [1.807, 2.05) is 25.1 Å². The highest BCUT2D eigenvalue weighted by molar-refractivity contribution is 5.85. The van der Waals surface area contributed by atoms with Gasteiger partial charge >= 0.3 is 0 Å². The smallest absolute Gasteiger partial charge is 0.140 e. The number of aromatic nitrogens is 1. The van der Waals surface area contributed by atoms with Crippen LogP contribution in [0.25, 0.3) is 0 Å². The van der Waals surface area contributed by atoms with Crippen molar-refractivity contribution in [2.45, 2.75) is 19.4 Å². The number of pyridine rings is 1. The van der Waals surface area contributed by atoms with Crippen molar-refractivity contribution >= 4 is 12.4 Å². The standard InChI is InChI=1S/C9H11N3.ClH/c1-7(11)5-8-3-2-4-9(6-10)12-8;/h2-4,7H,5,11H2,1H3;1H. The Bertz CT molecular complexity index is 304. The van der Waals surface area contributed by atoms with Gasteiger partial charge in [0.25, 0.3) is 0 Å². The summed E-state index contributed by atoms with van der Waals surface area (Å²) in [6.07, 6.45) is 0.718. The Morgan fingerprint density at radius 1 is 1.62 bits per heavy atom. The monoisotopic (exact) mass is 197 g/mol. The molecule has 3 nitrogen and oxygen atoms in total. The van der Waals surface area contributed by atoms with E-state index in [0.29, 0.717) is 5.69 Å². The van der Waals surface area contributed by atoms with Gasteiger partial charge < -0.3 is 5.73 Å². The second kappa shape index (κ2) is 5.52. The SMILES string of the molecule is CC(N)Cc1cccc(C#N)n1.Cl. The first kappa shape index (κ1) is 11.9. The van der Waals surface area contributed by atoms with Gasteiger partial charge in [-0.15, -0.1) is 12.4 Å². The lowest BCUT2D eigenvalue weighted by Crippen LogP contribution is -2.18. The predicted molar refractivity (Wildman–Crippen MR) is 53.6 cm³/mol. The fraction of sp³-hybridized carbons (Fsp3) is 0.333. The Labute approximate surface area is 84.0 Å². The van der Waals surface area contributed by atoms with Gasteiger partial charge in [0.05, 0.1) is 0 Å². The summed E-state index contributed by atoms with van der Waals surface area (Å²) >= 11 is 0. The van der Waals surface area contributed by atoms with Crippen LogP contribution in [0.1, 0.15) is 18.3 Å². The van der Waals surface area contributed by atoms with Crippen molar-refractivity contribution in [2.75, 3.05) is 0 Å². The average Bonchev–Trinajstić information content (AvgIpc) is 2.03. The van der Waals surface area contributed by atoms with E-state index in [-0.39, 0.29) is 18.4 Å². The van der Waals surface area contributed by atoms with E-state index in [1.165, 1.54) is 0 Å². The molecule has 0 aromatic carbocycles. The number of rotatable bonds is 2. The van der Waals surface area contributed by atoms with E-state index in [1.54, 1.807) is 6.07 Å². The molecule has 0 aliphatic rings. The molecule has 0 aliphatic heterocycles. The summed E-state index contributed by atoms with van der Waals surface area (Å²) < 4.78 is 0. The molecule has 0 aliphatic carbocycles. The maximum absolute atomic E-state index is 8.55. The first-order valence-electron chi connectivity index (χ1n) is 3.84. The minimum atomic E-state index is 0. The first-order chi connectivity index (χ1) is 5.72. The molecule has 70 valence electrons. The summed E-state index contributed by atoms with van der Waals surface area (Å²) in [7, 11) is 0. The van der Waals surface area contributed by atoms with Gasteiger partial charge in [0.2, 0.25) is 0 Å². The van der Waals surface area contributed by atoms with Crippen molar-refractivity contribution in [3.05, 3.63) is 29.6 Å². The number of hydrogen-bond donors (Lipinski definition) is 1. The van der Waals surface area contributed by atoms with Crippen LogP contribution < -0.4 is 5.73 Å². The van der Waals surface area contributed by atoms with Crippen LogP contribution in [0.15, 0.2) is 18.2 Å². The molecule has 1 atom stereocenters. The molecule has 0 fully saturated rings. The molecule has 1 unspecified atom stereocenters. The van der Waals surface area contributed by atoms with Gasteiger partial charge in [-0.3, -0.25) is 0 Å². The molecule has 0 radical (unpaired) electrons. The van der Waals surface area contributed by atoms with Crippen LogP contribution in [0, 0.1) is 11.3 Å². The Hall–Kier alpha value is -1.11. The first-order valence-corrected chi connectivity index (χ1v) is 3.84. The van der Waals surface area contributed by atoms with Gasteiger partial charge in [0.1, 0.15) is 11.8 Å². The van der Waals surface area contributed by atoms with Gasteiger partial charge in [-0.1, -0.05) is 6.07 Å². The van der Waals surface area contributed by atoms with Crippen molar-refractivity contribution in [2.24, 2.45) is 5.73 Å². The minimum absolute atomic E-state index is 0. The van der Waals surface area contributed by atoms with E-state index in [9.17, 15) is 0 Å². The Balaban J connectivity index is 0.00000144. The molecule has 1 rings (SSSR count). The number of hydrogen-bond acceptors (Lipinski definition) is 3. The van der Waals surface area contributed by atoms with Crippen molar-refractivity contribution in [1.82, 2.24) is 4.98 Å². The molecular formula is C9H12ClN3. The second-order valence-corrected chi connectivity index (χ2v) is 2.81. The van der Waals surface area contributed by atoms with Crippen LogP contribution in [0.2, 0.25) is 0 Å². The van der Waals surface area contributed by atoms with E-state index < -0.39 is 0 Å². The van der Waals surface area contributed by atoms with Crippen LogP contribution in [0.3, 0.4) is 0 Å². The molecule has 1 heterocycles. The zero-order valence-electron chi connectivity index (χ0n) is 7.40. The lowest BCUT2D eigenvalue weighted by atomic mass is 10.2. The van der Waals surface area contributed by atoms with E-state index in [0.717, 1.165) is 12.1 Å². The van der Waals surface area contributed by atoms with Crippen LogP contribution >= 0.6 is 12.4 Å². The molecular weight excluding hydrogens is 186 g/mol. The Morgan fingerprint density at radius 2 is 2.31 bits per heavy atom. The maximum Gasteiger partial charge on any atom is 0.140 e. The molecule has 4 heteroatoms. The van der Waals surface area contributed by atoms with Gasteiger partial charge in [0, 0.05) is 18.2 Å². The third kappa shape index (κ3) is 3.88. The number of nitrogens with zero attached hydrogens (tertiary/aromatic N) is 2. The Kier molecular flexibility index (Phi) is 5.05. The topological polar surface area (TPSA) is 62.7 Å². The van der Waals surface area contributed by atoms with Crippen LogP contribution in [0.4, 0.5) is 0 Å². The van der Waals surface area contributed by atoms with E-state index >= 15 is 0 Å². The van der Waals surface area contributed by atoms with Gasteiger partial charge in [-0.2, -0.15) is 5.26 Å². The molecule has 0 amide bonds. The molecule has 1 aromatic rings. The summed E-state index contributed by atoms with van der Waals surface area (Å²) in [5.41, 5.74) is 6.92. The number of nitriles is 1. The van der Waals surface area contributed by atoms with Crippen molar-refractivity contribution < 1.29 is 0 Å². The average molecular weight is 198 g/mol. The van der Waals surface area contributed by atoms with Gasteiger partial charge in [-0.25, -0.2) is 4.98 Å². The number of halogens is 1. The van der Waals surface area contributed by atoms with E-state index in [4.69, 9.17) is 11.0 Å². The van der Waals surface area contributed by atoms with Crippen molar-refractivity contribution in [3.63, 3.8) is 0 Å².